The SMILES string of the molecule is CCC1SCC(C(=O)O)N1C(=O)CCNC1CC1. The van der Waals surface area contributed by atoms with Crippen LogP contribution in [-0.4, -0.2) is 51.6 Å². The number of nitrogens with one attached hydrogen (secondary N) is 1. The molecule has 0 spiro atoms. The van der Waals surface area contributed by atoms with Gasteiger partial charge in [-0.1, -0.05) is 6.92 Å². The van der Waals surface area contributed by atoms with Crippen LogP contribution < -0.4 is 5.32 Å². The maximum absolute atomic E-state index is 12.1. The van der Waals surface area contributed by atoms with Gasteiger partial charge in [0.1, 0.15) is 6.04 Å². The Labute approximate surface area is 111 Å². The summed E-state index contributed by atoms with van der Waals surface area (Å²) in [5.41, 5.74) is 0. The summed E-state index contributed by atoms with van der Waals surface area (Å²) in [6, 6.07) is -0.0589. The van der Waals surface area contributed by atoms with E-state index in [-0.39, 0.29) is 11.3 Å². The van der Waals surface area contributed by atoms with Gasteiger partial charge < -0.3 is 15.3 Å². The van der Waals surface area contributed by atoms with Crippen molar-refractivity contribution in [2.75, 3.05) is 12.3 Å². The lowest BCUT2D eigenvalue weighted by Gasteiger charge is -2.26. The van der Waals surface area contributed by atoms with Crippen LogP contribution in [0.4, 0.5) is 0 Å². The molecule has 2 N–H and O–H groups in total. The molecule has 1 heterocycles. The van der Waals surface area contributed by atoms with Crippen LogP contribution >= 0.6 is 11.8 Å². The fraction of sp³-hybridized carbons (Fsp3) is 0.833. The summed E-state index contributed by atoms with van der Waals surface area (Å²) >= 11 is 1.57. The summed E-state index contributed by atoms with van der Waals surface area (Å²) in [5, 5.41) is 12.5. The van der Waals surface area contributed by atoms with Gasteiger partial charge in [0.05, 0.1) is 5.37 Å². The van der Waals surface area contributed by atoms with Crippen molar-refractivity contribution in [3.8, 4) is 0 Å². The van der Waals surface area contributed by atoms with Gasteiger partial charge in [-0.2, -0.15) is 0 Å². The average Bonchev–Trinajstić information content (AvgIpc) is 3.05. The Morgan fingerprint density at radius 2 is 2.17 bits per heavy atom. The number of hydrogen-bond acceptors (Lipinski definition) is 4. The molecule has 5 nitrogen and oxygen atoms in total. The second-order valence-electron chi connectivity index (χ2n) is 4.83. The maximum atomic E-state index is 12.1. The molecular formula is C12H20N2O3S. The molecule has 0 aromatic carbocycles. The Hall–Kier alpha value is -0.750. The van der Waals surface area contributed by atoms with E-state index in [1.165, 1.54) is 12.8 Å². The first-order valence-electron chi connectivity index (χ1n) is 6.52. The molecule has 0 bridgehead atoms. The number of hydrogen-bond donors (Lipinski definition) is 2. The summed E-state index contributed by atoms with van der Waals surface area (Å²) < 4.78 is 0. The Morgan fingerprint density at radius 3 is 2.72 bits per heavy atom. The summed E-state index contributed by atoms with van der Waals surface area (Å²) in [4.78, 5) is 24.9. The Kier molecular flexibility index (Phi) is 4.50. The van der Waals surface area contributed by atoms with E-state index in [4.69, 9.17) is 5.11 Å². The number of nitrogens with zero attached hydrogens (tertiary/aromatic N) is 1. The molecule has 0 aromatic rings. The standard InChI is InChI=1S/C12H20N2O3S/c1-2-11-14(9(7-18-11)12(16)17)10(15)5-6-13-8-3-4-8/h8-9,11,13H,2-7H2,1H3,(H,16,17). The third-order valence-corrected chi connectivity index (χ3v) is 4.82. The predicted molar refractivity (Wildman–Crippen MR) is 70.4 cm³/mol. The van der Waals surface area contributed by atoms with Crippen molar-refractivity contribution >= 4 is 23.6 Å². The van der Waals surface area contributed by atoms with Gasteiger partial charge in [-0.3, -0.25) is 4.79 Å². The molecule has 6 heteroatoms. The zero-order chi connectivity index (χ0) is 13.1. The van der Waals surface area contributed by atoms with Gasteiger partial charge >= 0.3 is 5.97 Å². The molecule has 1 aliphatic carbocycles. The highest BCUT2D eigenvalue weighted by atomic mass is 32.2. The van der Waals surface area contributed by atoms with E-state index in [1.807, 2.05) is 6.92 Å². The van der Waals surface area contributed by atoms with E-state index in [9.17, 15) is 9.59 Å². The van der Waals surface area contributed by atoms with Crippen LogP contribution in [-0.2, 0) is 9.59 Å². The summed E-state index contributed by atoms with van der Waals surface area (Å²) in [6.07, 6.45) is 3.60. The summed E-state index contributed by atoms with van der Waals surface area (Å²) in [7, 11) is 0. The monoisotopic (exact) mass is 272 g/mol. The second kappa shape index (κ2) is 5.93. The number of carbonyl (C=O) groups is 2. The fourth-order valence-electron chi connectivity index (χ4n) is 2.20. The Bertz CT molecular complexity index is 333. The summed E-state index contributed by atoms with van der Waals surface area (Å²) in [5.74, 6) is -0.412. The van der Waals surface area contributed by atoms with Crippen LogP contribution in [0.15, 0.2) is 0 Å². The van der Waals surface area contributed by atoms with Crippen molar-refractivity contribution in [3.05, 3.63) is 0 Å². The minimum atomic E-state index is -0.887. The normalized spacial score (nSPS) is 27.5. The van der Waals surface area contributed by atoms with Crippen LogP contribution in [0.2, 0.25) is 0 Å². The number of carboxylic acids is 1. The molecule has 1 amide bonds. The van der Waals surface area contributed by atoms with E-state index in [0.29, 0.717) is 24.8 Å². The van der Waals surface area contributed by atoms with Gasteiger partial charge in [0.2, 0.25) is 5.91 Å². The highest BCUT2D eigenvalue weighted by Gasteiger charge is 2.40. The Balaban J connectivity index is 1.88. The van der Waals surface area contributed by atoms with Gasteiger partial charge in [0, 0.05) is 24.8 Å². The number of thioether (sulfide) groups is 1. The lowest BCUT2D eigenvalue weighted by molar-refractivity contribution is -0.149. The van der Waals surface area contributed by atoms with Crippen LogP contribution in [0.5, 0.6) is 0 Å². The fourth-order valence-corrected chi connectivity index (χ4v) is 3.57. The third kappa shape index (κ3) is 3.17. The number of amides is 1. The molecule has 2 aliphatic rings. The van der Waals surface area contributed by atoms with Crippen molar-refractivity contribution in [1.29, 1.82) is 0 Å². The Morgan fingerprint density at radius 1 is 1.44 bits per heavy atom. The van der Waals surface area contributed by atoms with Gasteiger partial charge in [-0.15, -0.1) is 11.8 Å². The lowest BCUT2D eigenvalue weighted by atomic mass is 10.2. The summed E-state index contributed by atoms with van der Waals surface area (Å²) in [6.45, 7) is 2.65. The minimum absolute atomic E-state index is 0.0273. The van der Waals surface area contributed by atoms with Crippen LogP contribution in [0.3, 0.4) is 0 Å². The number of carbonyl (C=O) groups excluding carboxylic acids is 1. The van der Waals surface area contributed by atoms with Crippen molar-refractivity contribution in [3.63, 3.8) is 0 Å². The van der Waals surface area contributed by atoms with Gasteiger partial charge in [0.15, 0.2) is 0 Å². The molecule has 2 rings (SSSR count). The van der Waals surface area contributed by atoms with Crippen molar-refractivity contribution in [2.24, 2.45) is 0 Å². The molecule has 18 heavy (non-hydrogen) atoms. The van der Waals surface area contributed by atoms with Crippen LogP contribution in [0.1, 0.15) is 32.6 Å². The molecule has 2 unspecified atom stereocenters. The average molecular weight is 272 g/mol. The molecule has 0 radical (unpaired) electrons. The molecule has 1 saturated heterocycles. The lowest BCUT2D eigenvalue weighted by Crippen LogP contribution is -2.46. The number of aliphatic carboxylic acids is 1. The molecule has 102 valence electrons. The molecule has 2 fully saturated rings. The van der Waals surface area contributed by atoms with Gasteiger partial charge in [-0.25, -0.2) is 4.79 Å². The van der Waals surface area contributed by atoms with E-state index in [2.05, 4.69) is 5.32 Å². The first kappa shape index (κ1) is 13.7. The number of rotatable bonds is 6. The zero-order valence-corrected chi connectivity index (χ0v) is 11.4. The topological polar surface area (TPSA) is 69.6 Å². The van der Waals surface area contributed by atoms with Crippen molar-refractivity contribution in [1.82, 2.24) is 10.2 Å². The van der Waals surface area contributed by atoms with Gasteiger partial charge in [0.25, 0.3) is 0 Å². The zero-order valence-electron chi connectivity index (χ0n) is 10.6. The van der Waals surface area contributed by atoms with Crippen molar-refractivity contribution in [2.45, 2.75) is 50.1 Å². The van der Waals surface area contributed by atoms with E-state index in [1.54, 1.807) is 16.7 Å². The molecular weight excluding hydrogens is 252 g/mol. The van der Waals surface area contributed by atoms with Crippen molar-refractivity contribution < 1.29 is 14.7 Å². The quantitative estimate of drug-likeness (QED) is 0.751. The smallest absolute Gasteiger partial charge is 0.327 e. The third-order valence-electron chi connectivity index (χ3n) is 3.36. The maximum Gasteiger partial charge on any atom is 0.327 e. The van der Waals surface area contributed by atoms with Gasteiger partial charge in [-0.05, 0) is 19.3 Å². The molecule has 2 atom stereocenters. The van der Waals surface area contributed by atoms with E-state index < -0.39 is 12.0 Å². The minimum Gasteiger partial charge on any atom is -0.480 e. The van der Waals surface area contributed by atoms with Crippen LogP contribution in [0.25, 0.3) is 0 Å². The number of carboxylic acid groups (broad SMARTS) is 1. The molecule has 0 aromatic heterocycles. The predicted octanol–water partition coefficient (Wildman–Crippen LogP) is 0.893. The largest absolute Gasteiger partial charge is 0.480 e. The second-order valence-corrected chi connectivity index (χ2v) is 6.04. The van der Waals surface area contributed by atoms with E-state index in [0.717, 1.165) is 6.42 Å². The highest BCUT2D eigenvalue weighted by Crippen LogP contribution is 2.31. The first-order valence-corrected chi connectivity index (χ1v) is 7.57. The molecule has 1 saturated carbocycles. The highest BCUT2D eigenvalue weighted by molar-refractivity contribution is 8.00. The van der Waals surface area contributed by atoms with Crippen LogP contribution in [0, 0.1) is 0 Å². The van der Waals surface area contributed by atoms with E-state index >= 15 is 0 Å². The first-order chi connectivity index (χ1) is 8.63. The molecule has 1 aliphatic heterocycles.